The standard InChI is InChI=1S/C3H10BNO4S/c1-3(4(6)7)5-10(2,8)9/h3,5-7H,1-2H3/t3-/m0/s1. The Morgan fingerprint density at radius 3 is 2.00 bits per heavy atom. The fraction of sp³-hybridized carbons (Fsp3) is 1.00. The smallest absolute Gasteiger partial charge is 0.426 e. The predicted octanol–water partition coefficient (Wildman–Crippen LogP) is -2.06. The third kappa shape index (κ3) is 4.74. The lowest BCUT2D eigenvalue weighted by Gasteiger charge is -2.09. The highest BCUT2D eigenvalue weighted by molar-refractivity contribution is 7.88. The van der Waals surface area contributed by atoms with E-state index < -0.39 is 23.1 Å². The summed E-state index contributed by atoms with van der Waals surface area (Å²) in [7, 11) is -5.00. The van der Waals surface area contributed by atoms with Crippen molar-refractivity contribution in [3.63, 3.8) is 0 Å². The van der Waals surface area contributed by atoms with Crippen molar-refractivity contribution in [2.45, 2.75) is 12.9 Å². The first kappa shape index (κ1) is 9.89. The molecular formula is C3H10BNO4S. The molecule has 0 heterocycles. The van der Waals surface area contributed by atoms with Crippen LogP contribution in [0.2, 0.25) is 0 Å². The van der Waals surface area contributed by atoms with Gasteiger partial charge in [-0.05, 0) is 0 Å². The normalized spacial score (nSPS) is 14.8. The molecular weight excluding hydrogens is 157 g/mol. The molecule has 0 aliphatic heterocycles. The Bertz CT molecular complexity index is 189. The van der Waals surface area contributed by atoms with Crippen LogP contribution in [-0.2, 0) is 10.0 Å². The van der Waals surface area contributed by atoms with Gasteiger partial charge in [0, 0.05) is 0 Å². The summed E-state index contributed by atoms with van der Waals surface area (Å²) in [6.45, 7) is 1.35. The van der Waals surface area contributed by atoms with Crippen molar-refractivity contribution < 1.29 is 18.5 Å². The number of rotatable bonds is 3. The first-order chi connectivity index (χ1) is 4.33. The van der Waals surface area contributed by atoms with Gasteiger partial charge < -0.3 is 10.0 Å². The molecule has 0 aromatic heterocycles. The van der Waals surface area contributed by atoms with Crippen LogP contribution in [-0.4, -0.2) is 37.8 Å². The number of hydrogen-bond donors (Lipinski definition) is 3. The average molecular weight is 167 g/mol. The molecule has 0 bridgehead atoms. The third-order valence-electron chi connectivity index (χ3n) is 0.847. The molecule has 0 aromatic rings. The van der Waals surface area contributed by atoms with Gasteiger partial charge >= 0.3 is 7.12 Å². The summed E-state index contributed by atoms with van der Waals surface area (Å²) in [6.07, 6.45) is 0.950. The summed E-state index contributed by atoms with van der Waals surface area (Å²) >= 11 is 0. The van der Waals surface area contributed by atoms with Gasteiger partial charge in [-0.15, -0.1) is 0 Å². The van der Waals surface area contributed by atoms with Crippen LogP contribution in [0, 0.1) is 0 Å². The van der Waals surface area contributed by atoms with Crippen LogP contribution >= 0.6 is 0 Å². The van der Waals surface area contributed by atoms with Crippen molar-refractivity contribution in [3.8, 4) is 0 Å². The largest absolute Gasteiger partial charge is 0.470 e. The summed E-state index contributed by atoms with van der Waals surface area (Å²) in [5.74, 6) is -0.866. The quantitative estimate of drug-likeness (QED) is 0.421. The number of sulfonamides is 1. The molecule has 0 radical (unpaired) electrons. The van der Waals surface area contributed by atoms with Gasteiger partial charge in [-0.25, -0.2) is 13.1 Å². The lowest BCUT2D eigenvalue weighted by molar-refractivity contribution is 0.385. The van der Waals surface area contributed by atoms with Gasteiger partial charge in [0.15, 0.2) is 0 Å². The van der Waals surface area contributed by atoms with E-state index >= 15 is 0 Å². The van der Waals surface area contributed by atoms with Crippen LogP contribution in [0.3, 0.4) is 0 Å². The topological polar surface area (TPSA) is 86.6 Å². The average Bonchev–Trinajstić information content (AvgIpc) is 1.60. The Hall–Kier alpha value is -0.105. The van der Waals surface area contributed by atoms with Gasteiger partial charge in [-0.1, -0.05) is 6.92 Å². The zero-order chi connectivity index (χ0) is 8.36. The van der Waals surface area contributed by atoms with Crippen molar-refractivity contribution in [2.24, 2.45) is 0 Å². The minimum absolute atomic E-state index is 0.866. The molecule has 10 heavy (non-hydrogen) atoms. The number of hydrogen-bond acceptors (Lipinski definition) is 4. The second-order valence-corrected chi connectivity index (χ2v) is 3.87. The van der Waals surface area contributed by atoms with Crippen LogP contribution in [0.25, 0.3) is 0 Å². The van der Waals surface area contributed by atoms with E-state index in [-0.39, 0.29) is 0 Å². The van der Waals surface area contributed by atoms with Crippen molar-refractivity contribution in [3.05, 3.63) is 0 Å². The maximum atomic E-state index is 10.4. The second-order valence-electron chi connectivity index (χ2n) is 2.09. The van der Waals surface area contributed by atoms with E-state index in [1.54, 1.807) is 0 Å². The lowest BCUT2D eigenvalue weighted by atomic mass is 9.82. The highest BCUT2D eigenvalue weighted by Gasteiger charge is 2.20. The molecule has 7 heteroatoms. The molecule has 0 unspecified atom stereocenters. The predicted molar refractivity (Wildman–Crippen MR) is 37.6 cm³/mol. The molecule has 1 atom stereocenters. The molecule has 0 aliphatic rings. The maximum Gasteiger partial charge on any atom is 0.470 e. The van der Waals surface area contributed by atoms with Crippen LogP contribution in [0.5, 0.6) is 0 Å². The molecule has 0 saturated heterocycles. The monoisotopic (exact) mass is 167 g/mol. The molecule has 0 spiro atoms. The summed E-state index contributed by atoms with van der Waals surface area (Å²) in [4.78, 5) is 0. The summed E-state index contributed by atoms with van der Waals surface area (Å²) < 4.78 is 22.8. The molecule has 0 saturated carbocycles. The van der Waals surface area contributed by atoms with Crippen molar-refractivity contribution in [1.82, 2.24) is 4.72 Å². The van der Waals surface area contributed by atoms with Gasteiger partial charge in [0.2, 0.25) is 10.0 Å². The fourth-order valence-electron chi connectivity index (χ4n) is 0.399. The molecule has 0 fully saturated rings. The molecule has 60 valence electrons. The van der Waals surface area contributed by atoms with E-state index in [1.807, 2.05) is 4.72 Å². The van der Waals surface area contributed by atoms with Crippen LogP contribution in [0.15, 0.2) is 0 Å². The Kier molecular flexibility index (Phi) is 3.30. The zero-order valence-corrected chi connectivity index (χ0v) is 6.59. The van der Waals surface area contributed by atoms with E-state index in [4.69, 9.17) is 10.0 Å². The van der Waals surface area contributed by atoms with Crippen molar-refractivity contribution >= 4 is 17.1 Å². The van der Waals surface area contributed by atoms with E-state index in [9.17, 15) is 8.42 Å². The Labute approximate surface area is 60.3 Å². The minimum atomic E-state index is -3.34. The van der Waals surface area contributed by atoms with Gasteiger partial charge in [-0.2, -0.15) is 0 Å². The minimum Gasteiger partial charge on any atom is -0.426 e. The van der Waals surface area contributed by atoms with Crippen molar-refractivity contribution in [2.75, 3.05) is 6.26 Å². The maximum absolute atomic E-state index is 10.4. The second kappa shape index (κ2) is 3.33. The van der Waals surface area contributed by atoms with E-state index in [0.29, 0.717) is 0 Å². The van der Waals surface area contributed by atoms with Gasteiger partial charge in [0.05, 0.1) is 12.2 Å². The van der Waals surface area contributed by atoms with Gasteiger partial charge in [0.1, 0.15) is 0 Å². The number of nitrogens with one attached hydrogen (secondary N) is 1. The molecule has 0 rings (SSSR count). The molecule has 0 aliphatic carbocycles. The van der Waals surface area contributed by atoms with E-state index in [1.165, 1.54) is 6.92 Å². The molecule has 5 nitrogen and oxygen atoms in total. The Balaban J connectivity index is 3.93. The van der Waals surface area contributed by atoms with Crippen molar-refractivity contribution in [1.29, 1.82) is 0 Å². The zero-order valence-electron chi connectivity index (χ0n) is 5.77. The summed E-state index contributed by atoms with van der Waals surface area (Å²) in [5.41, 5.74) is 0. The van der Waals surface area contributed by atoms with E-state index in [0.717, 1.165) is 6.26 Å². The van der Waals surface area contributed by atoms with Gasteiger partial charge in [-0.3, -0.25) is 0 Å². The summed E-state index contributed by atoms with van der Waals surface area (Å²) in [6, 6.07) is 0. The molecule has 0 amide bonds. The Morgan fingerprint density at radius 1 is 1.50 bits per heavy atom. The molecule has 0 aromatic carbocycles. The van der Waals surface area contributed by atoms with Crippen LogP contribution in [0.1, 0.15) is 6.92 Å². The van der Waals surface area contributed by atoms with Crippen LogP contribution < -0.4 is 4.72 Å². The van der Waals surface area contributed by atoms with E-state index in [2.05, 4.69) is 0 Å². The lowest BCUT2D eigenvalue weighted by Crippen LogP contribution is -2.43. The molecule has 3 N–H and O–H groups in total. The first-order valence-corrected chi connectivity index (χ1v) is 4.55. The first-order valence-electron chi connectivity index (χ1n) is 2.66. The Morgan fingerprint density at radius 2 is 1.90 bits per heavy atom. The summed E-state index contributed by atoms with van der Waals surface area (Å²) in [5, 5.41) is 16.8. The third-order valence-corrected chi connectivity index (χ3v) is 1.65. The highest BCUT2D eigenvalue weighted by atomic mass is 32.2. The van der Waals surface area contributed by atoms with Crippen LogP contribution in [0.4, 0.5) is 0 Å². The fourth-order valence-corrected chi connectivity index (χ4v) is 1.20. The highest BCUT2D eigenvalue weighted by Crippen LogP contribution is 1.85. The SMILES string of the molecule is C[C@H](NS(C)(=O)=O)B(O)O. The van der Waals surface area contributed by atoms with Gasteiger partial charge in [0.25, 0.3) is 0 Å².